The lowest BCUT2D eigenvalue weighted by molar-refractivity contribution is 0.125. The minimum absolute atomic E-state index is 0.0973. The average Bonchev–Trinajstić information content (AvgIpc) is 2.29. The number of nitrogens with one attached hydrogen (secondary N) is 1. The number of halogens is 1. The molecule has 0 aliphatic rings. The minimum atomic E-state index is -0.299. The fourth-order valence-electron chi connectivity index (χ4n) is 1.54. The predicted molar refractivity (Wildman–Crippen MR) is 61.7 cm³/mol. The number of rotatable bonds is 7. The molecule has 4 heteroatoms. The third kappa shape index (κ3) is 4.24. The summed E-state index contributed by atoms with van der Waals surface area (Å²) in [5, 5.41) is 3.14. The van der Waals surface area contributed by atoms with Crippen molar-refractivity contribution in [1.29, 1.82) is 0 Å². The van der Waals surface area contributed by atoms with Gasteiger partial charge < -0.3 is 10.1 Å². The Kier molecular flexibility index (Phi) is 5.96. The van der Waals surface area contributed by atoms with Gasteiger partial charge in [0.15, 0.2) is 0 Å². The third-order valence-electron chi connectivity index (χ3n) is 2.38. The molecule has 1 aromatic rings. The lowest BCUT2D eigenvalue weighted by atomic mass is 10.1. The SMILES string of the molecule is CCCOCCC(NC)c1cncc(F)c1. The summed E-state index contributed by atoms with van der Waals surface area (Å²) in [6.45, 7) is 3.53. The number of hydrogen-bond acceptors (Lipinski definition) is 3. The summed E-state index contributed by atoms with van der Waals surface area (Å²) >= 11 is 0. The molecule has 90 valence electrons. The Labute approximate surface area is 96.0 Å². The van der Waals surface area contributed by atoms with Crippen LogP contribution in [0.25, 0.3) is 0 Å². The molecule has 1 N–H and O–H groups in total. The molecule has 16 heavy (non-hydrogen) atoms. The van der Waals surface area contributed by atoms with Crippen molar-refractivity contribution < 1.29 is 9.13 Å². The summed E-state index contributed by atoms with van der Waals surface area (Å²) in [7, 11) is 1.86. The summed E-state index contributed by atoms with van der Waals surface area (Å²) in [4.78, 5) is 3.84. The summed E-state index contributed by atoms with van der Waals surface area (Å²) in [5.41, 5.74) is 0.864. The molecule has 1 heterocycles. The zero-order valence-corrected chi connectivity index (χ0v) is 9.87. The molecule has 0 aliphatic heterocycles. The maximum Gasteiger partial charge on any atom is 0.141 e. The Morgan fingerprint density at radius 1 is 1.44 bits per heavy atom. The van der Waals surface area contributed by atoms with E-state index in [1.807, 2.05) is 7.05 Å². The average molecular weight is 226 g/mol. The highest BCUT2D eigenvalue weighted by atomic mass is 19.1. The molecule has 3 nitrogen and oxygen atoms in total. The van der Waals surface area contributed by atoms with Gasteiger partial charge in [0.05, 0.1) is 6.20 Å². The zero-order chi connectivity index (χ0) is 11.8. The number of ether oxygens (including phenoxy) is 1. The number of aromatic nitrogens is 1. The normalized spacial score (nSPS) is 12.7. The van der Waals surface area contributed by atoms with Gasteiger partial charge in [-0.05, 0) is 31.5 Å². The van der Waals surface area contributed by atoms with E-state index < -0.39 is 0 Å². The van der Waals surface area contributed by atoms with Gasteiger partial charge in [-0.3, -0.25) is 4.98 Å². The van der Waals surface area contributed by atoms with Gasteiger partial charge in [-0.25, -0.2) is 4.39 Å². The molecular weight excluding hydrogens is 207 g/mol. The summed E-state index contributed by atoms with van der Waals surface area (Å²) in [6.07, 6.45) is 4.74. The topological polar surface area (TPSA) is 34.1 Å². The minimum Gasteiger partial charge on any atom is -0.381 e. The second kappa shape index (κ2) is 7.30. The van der Waals surface area contributed by atoms with Crippen molar-refractivity contribution in [3.63, 3.8) is 0 Å². The van der Waals surface area contributed by atoms with Crippen LogP contribution < -0.4 is 5.32 Å². The van der Waals surface area contributed by atoms with Crippen LogP contribution in [0.4, 0.5) is 4.39 Å². The van der Waals surface area contributed by atoms with E-state index in [-0.39, 0.29) is 11.9 Å². The fraction of sp³-hybridized carbons (Fsp3) is 0.583. The van der Waals surface area contributed by atoms with Crippen molar-refractivity contribution >= 4 is 0 Å². The maximum absolute atomic E-state index is 13.0. The standard InChI is InChI=1S/C12H19FN2O/c1-3-5-16-6-4-12(14-2)10-7-11(13)9-15-8-10/h7-9,12,14H,3-6H2,1-2H3. The van der Waals surface area contributed by atoms with Crippen molar-refractivity contribution in [2.45, 2.75) is 25.8 Å². The van der Waals surface area contributed by atoms with Crippen LogP contribution in [-0.2, 0) is 4.74 Å². The van der Waals surface area contributed by atoms with E-state index in [2.05, 4.69) is 17.2 Å². The van der Waals surface area contributed by atoms with Gasteiger partial charge in [0.1, 0.15) is 5.82 Å². The molecule has 1 atom stereocenters. The first-order chi connectivity index (χ1) is 7.77. The van der Waals surface area contributed by atoms with Crippen molar-refractivity contribution in [2.75, 3.05) is 20.3 Å². The van der Waals surface area contributed by atoms with Gasteiger partial charge in [0.2, 0.25) is 0 Å². The van der Waals surface area contributed by atoms with E-state index in [1.54, 1.807) is 6.20 Å². The molecule has 0 aliphatic carbocycles. The molecule has 1 aromatic heterocycles. The summed E-state index contributed by atoms with van der Waals surface area (Å²) in [6, 6.07) is 1.61. The molecule has 0 aromatic carbocycles. The maximum atomic E-state index is 13.0. The largest absolute Gasteiger partial charge is 0.381 e. The van der Waals surface area contributed by atoms with Crippen LogP contribution in [0.15, 0.2) is 18.5 Å². The Balaban J connectivity index is 2.47. The Morgan fingerprint density at radius 3 is 2.88 bits per heavy atom. The first-order valence-electron chi connectivity index (χ1n) is 5.63. The van der Waals surface area contributed by atoms with Crippen LogP contribution in [0.3, 0.4) is 0 Å². The van der Waals surface area contributed by atoms with E-state index in [1.165, 1.54) is 12.3 Å². The van der Waals surface area contributed by atoms with Gasteiger partial charge in [-0.15, -0.1) is 0 Å². The molecule has 0 bridgehead atoms. The third-order valence-corrected chi connectivity index (χ3v) is 2.38. The predicted octanol–water partition coefficient (Wildman–Crippen LogP) is 2.30. The van der Waals surface area contributed by atoms with Gasteiger partial charge >= 0.3 is 0 Å². The fourth-order valence-corrected chi connectivity index (χ4v) is 1.54. The monoisotopic (exact) mass is 226 g/mol. The van der Waals surface area contributed by atoms with Gasteiger partial charge in [-0.1, -0.05) is 6.92 Å². The second-order valence-electron chi connectivity index (χ2n) is 3.68. The molecule has 1 unspecified atom stereocenters. The van der Waals surface area contributed by atoms with Crippen LogP contribution in [0.2, 0.25) is 0 Å². The van der Waals surface area contributed by atoms with Crippen LogP contribution in [0.5, 0.6) is 0 Å². The number of pyridine rings is 1. The lowest BCUT2D eigenvalue weighted by Crippen LogP contribution is -2.18. The first kappa shape index (κ1) is 13.1. The summed E-state index contributed by atoms with van der Waals surface area (Å²) in [5.74, 6) is -0.299. The van der Waals surface area contributed by atoms with E-state index >= 15 is 0 Å². The van der Waals surface area contributed by atoms with Crippen LogP contribution >= 0.6 is 0 Å². The van der Waals surface area contributed by atoms with Crippen molar-refractivity contribution in [2.24, 2.45) is 0 Å². The molecule has 1 rings (SSSR count). The zero-order valence-electron chi connectivity index (χ0n) is 9.87. The van der Waals surface area contributed by atoms with Crippen molar-refractivity contribution in [3.8, 4) is 0 Å². The van der Waals surface area contributed by atoms with Gasteiger partial charge in [0, 0.05) is 25.5 Å². The lowest BCUT2D eigenvalue weighted by Gasteiger charge is -2.16. The van der Waals surface area contributed by atoms with E-state index in [0.29, 0.717) is 6.61 Å². The molecule has 0 saturated heterocycles. The molecular formula is C12H19FN2O. The highest BCUT2D eigenvalue weighted by Gasteiger charge is 2.09. The quantitative estimate of drug-likeness (QED) is 0.724. The van der Waals surface area contributed by atoms with Gasteiger partial charge in [-0.2, -0.15) is 0 Å². The molecule has 0 radical (unpaired) electrons. The van der Waals surface area contributed by atoms with Crippen molar-refractivity contribution in [1.82, 2.24) is 10.3 Å². The first-order valence-corrected chi connectivity index (χ1v) is 5.63. The van der Waals surface area contributed by atoms with Crippen LogP contribution in [-0.4, -0.2) is 25.2 Å². The van der Waals surface area contributed by atoms with Crippen LogP contribution in [0, 0.1) is 5.82 Å². The van der Waals surface area contributed by atoms with E-state index in [9.17, 15) is 4.39 Å². The van der Waals surface area contributed by atoms with Crippen molar-refractivity contribution in [3.05, 3.63) is 29.8 Å². The molecule has 0 saturated carbocycles. The Bertz CT molecular complexity index is 307. The van der Waals surface area contributed by atoms with Crippen LogP contribution in [0.1, 0.15) is 31.4 Å². The van der Waals surface area contributed by atoms with Gasteiger partial charge in [0.25, 0.3) is 0 Å². The number of nitrogens with zero attached hydrogens (tertiary/aromatic N) is 1. The Morgan fingerprint density at radius 2 is 2.25 bits per heavy atom. The smallest absolute Gasteiger partial charge is 0.141 e. The molecule has 0 fully saturated rings. The number of hydrogen-bond donors (Lipinski definition) is 1. The highest BCUT2D eigenvalue weighted by Crippen LogP contribution is 2.16. The van der Waals surface area contributed by atoms with E-state index in [0.717, 1.165) is 25.0 Å². The Hall–Kier alpha value is -1.00. The summed E-state index contributed by atoms with van der Waals surface area (Å²) < 4.78 is 18.4. The highest BCUT2D eigenvalue weighted by molar-refractivity contribution is 5.14. The second-order valence-corrected chi connectivity index (χ2v) is 3.68. The molecule has 0 amide bonds. The van der Waals surface area contributed by atoms with E-state index in [4.69, 9.17) is 4.74 Å². The molecule has 0 spiro atoms.